The van der Waals surface area contributed by atoms with E-state index in [-0.39, 0.29) is 5.69 Å². The Balaban J connectivity index is 2.16. The number of hydrogen-bond donors (Lipinski definition) is 2. The third-order valence-corrected chi connectivity index (χ3v) is 3.31. The first-order valence-electron chi connectivity index (χ1n) is 6.57. The van der Waals surface area contributed by atoms with E-state index in [1.165, 1.54) is 12.1 Å². The second-order valence-corrected chi connectivity index (χ2v) is 4.74. The summed E-state index contributed by atoms with van der Waals surface area (Å²) in [5.41, 5.74) is -0.805. The third kappa shape index (κ3) is 3.30. The number of halogens is 1. The Hall–Kier alpha value is -2.02. The average molecular weight is 281 g/mol. The van der Waals surface area contributed by atoms with Crippen LogP contribution < -0.4 is 10.6 Å². The minimum atomic E-state index is -0.804. The molecule has 7 heteroatoms. The number of benzene rings is 1. The van der Waals surface area contributed by atoms with Crippen LogP contribution in [0.2, 0.25) is 0 Å². The summed E-state index contributed by atoms with van der Waals surface area (Å²) in [5.74, 6) is -1.23. The lowest BCUT2D eigenvalue weighted by molar-refractivity contribution is -0.384. The van der Waals surface area contributed by atoms with Gasteiger partial charge in [0.25, 0.3) is 5.69 Å². The van der Waals surface area contributed by atoms with Gasteiger partial charge in [-0.05, 0) is 25.5 Å². The topological polar surface area (TPSA) is 84.3 Å². The molecule has 1 saturated heterocycles. The molecule has 2 rings (SSSR count). The first-order chi connectivity index (χ1) is 9.59. The predicted molar refractivity (Wildman–Crippen MR) is 71.9 cm³/mol. The molecule has 0 aromatic heterocycles. The molecule has 2 N–H and O–H groups in total. The summed E-state index contributed by atoms with van der Waals surface area (Å²) in [6, 6.07) is 3.06. The van der Waals surface area contributed by atoms with Crippen LogP contribution in [0.15, 0.2) is 18.2 Å². The summed E-state index contributed by atoms with van der Waals surface area (Å²) >= 11 is 0. The van der Waals surface area contributed by atoms with Crippen molar-refractivity contribution in [3.63, 3.8) is 0 Å². The van der Waals surface area contributed by atoms with Gasteiger partial charge in [-0.25, -0.2) is 4.39 Å². The van der Waals surface area contributed by atoms with Gasteiger partial charge in [-0.1, -0.05) is 18.9 Å². The maximum absolute atomic E-state index is 13.7. The fourth-order valence-corrected chi connectivity index (χ4v) is 2.25. The lowest BCUT2D eigenvalue weighted by Gasteiger charge is -2.15. The van der Waals surface area contributed by atoms with Gasteiger partial charge in [0.15, 0.2) is 11.5 Å². The van der Waals surface area contributed by atoms with Crippen molar-refractivity contribution < 1.29 is 14.1 Å². The summed E-state index contributed by atoms with van der Waals surface area (Å²) in [4.78, 5) is 22.2. The number of amides is 1. The fourth-order valence-electron chi connectivity index (χ4n) is 2.25. The lowest BCUT2D eigenvalue weighted by Crippen LogP contribution is -2.40. The number of carbonyl (C=O) groups is 1. The Morgan fingerprint density at radius 1 is 1.40 bits per heavy atom. The predicted octanol–water partition coefficient (Wildman–Crippen LogP) is 2.20. The molecule has 0 spiro atoms. The highest BCUT2D eigenvalue weighted by Crippen LogP contribution is 2.27. The zero-order valence-corrected chi connectivity index (χ0v) is 10.9. The summed E-state index contributed by atoms with van der Waals surface area (Å²) in [6.45, 7) is 0.720. The number of anilines is 1. The van der Waals surface area contributed by atoms with Crippen LogP contribution in [0.25, 0.3) is 0 Å². The van der Waals surface area contributed by atoms with Crippen LogP contribution in [0.5, 0.6) is 0 Å². The number of nitro groups is 1. The van der Waals surface area contributed by atoms with E-state index in [2.05, 4.69) is 10.6 Å². The smallest absolute Gasteiger partial charge is 0.295 e. The van der Waals surface area contributed by atoms with Crippen molar-refractivity contribution >= 4 is 17.3 Å². The van der Waals surface area contributed by atoms with Gasteiger partial charge >= 0.3 is 0 Å². The quantitative estimate of drug-likeness (QED) is 0.657. The Morgan fingerprint density at radius 3 is 2.95 bits per heavy atom. The van der Waals surface area contributed by atoms with E-state index in [9.17, 15) is 19.3 Å². The van der Waals surface area contributed by atoms with Crippen molar-refractivity contribution in [3.05, 3.63) is 34.1 Å². The number of para-hydroxylation sites is 1. The van der Waals surface area contributed by atoms with E-state index in [0.29, 0.717) is 6.42 Å². The number of nitrogens with zero attached hydrogens (tertiary/aromatic N) is 1. The molecule has 6 nitrogen and oxygen atoms in total. The number of nitrogens with one attached hydrogen (secondary N) is 2. The third-order valence-electron chi connectivity index (χ3n) is 3.31. The average Bonchev–Trinajstić information content (AvgIpc) is 2.69. The van der Waals surface area contributed by atoms with Crippen molar-refractivity contribution in [1.82, 2.24) is 5.32 Å². The van der Waals surface area contributed by atoms with Gasteiger partial charge in [0.2, 0.25) is 5.91 Å². The van der Waals surface area contributed by atoms with Gasteiger partial charge in [0.1, 0.15) is 0 Å². The molecule has 1 aromatic carbocycles. The largest absolute Gasteiger partial charge is 0.317 e. The number of nitro benzene ring substituents is 1. The molecule has 1 heterocycles. The molecule has 0 radical (unpaired) electrons. The molecule has 1 aliphatic heterocycles. The molecular weight excluding hydrogens is 265 g/mol. The molecule has 1 unspecified atom stereocenters. The molecule has 1 aliphatic rings. The summed E-state index contributed by atoms with van der Waals surface area (Å²) in [7, 11) is 0. The van der Waals surface area contributed by atoms with E-state index in [4.69, 9.17) is 0 Å². The highest BCUT2D eigenvalue weighted by Gasteiger charge is 2.24. The lowest BCUT2D eigenvalue weighted by atomic mass is 10.1. The van der Waals surface area contributed by atoms with Crippen LogP contribution in [-0.4, -0.2) is 23.4 Å². The van der Waals surface area contributed by atoms with Gasteiger partial charge in [0.05, 0.1) is 11.0 Å². The maximum Gasteiger partial charge on any atom is 0.295 e. The minimum Gasteiger partial charge on any atom is -0.317 e. The molecule has 0 bridgehead atoms. The van der Waals surface area contributed by atoms with E-state index in [0.717, 1.165) is 31.9 Å². The zero-order chi connectivity index (χ0) is 14.5. The zero-order valence-electron chi connectivity index (χ0n) is 10.9. The molecule has 1 fully saturated rings. The molecule has 20 heavy (non-hydrogen) atoms. The van der Waals surface area contributed by atoms with Gasteiger partial charge in [-0.15, -0.1) is 0 Å². The van der Waals surface area contributed by atoms with Gasteiger partial charge in [-0.2, -0.15) is 0 Å². The van der Waals surface area contributed by atoms with Crippen molar-refractivity contribution in [1.29, 1.82) is 0 Å². The van der Waals surface area contributed by atoms with E-state index in [1.54, 1.807) is 0 Å². The number of carbonyl (C=O) groups excluding carboxylic acids is 1. The van der Waals surface area contributed by atoms with Gasteiger partial charge in [-0.3, -0.25) is 14.9 Å². The first kappa shape index (κ1) is 14.4. The Labute approximate surface area is 115 Å². The second kappa shape index (κ2) is 6.42. The van der Waals surface area contributed by atoms with Crippen LogP contribution in [0, 0.1) is 15.9 Å². The van der Waals surface area contributed by atoms with Crippen molar-refractivity contribution in [3.8, 4) is 0 Å². The molecule has 0 aliphatic carbocycles. The molecular formula is C13H16FN3O3. The minimum absolute atomic E-state index is 0.367. The van der Waals surface area contributed by atoms with Crippen molar-refractivity contribution in [2.75, 3.05) is 11.9 Å². The molecule has 1 atom stereocenters. The van der Waals surface area contributed by atoms with E-state index >= 15 is 0 Å². The monoisotopic (exact) mass is 281 g/mol. The Morgan fingerprint density at radius 2 is 2.20 bits per heavy atom. The van der Waals surface area contributed by atoms with Crippen LogP contribution in [0.3, 0.4) is 0 Å². The standard InChI is InChI=1S/C13H16FN3O3/c14-9-5-4-7-11(17(19)20)12(9)16-13(18)10-6-2-1-3-8-15-10/h4-5,7,10,15H,1-3,6,8H2,(H,16,18). The Bertz CT molecular complexity index is 514. The Kier molecular flexibility index (Phi) is 4.62. The van der Waals surface area contributed by atoms with E-state index in [1.807, 2.05) is 0 Å². The summed E-state index contributed by atoms with van der Waals surface area (Å²) in [6.07, 6.45) is 3.58. The first-order valence-corrected chi connectivity index (χ1v) is 6.57. The normalized spacial score (nSPS) is 19.1. The van der Waals surface area contributed by atoms with Crippen LogP contribution >= 0.6 is 0 Å². The molecule has 108 valence electrons. The molecule has 1 amide bonds. The highest BCUT2D eigenvalue weighted by atomic mass is 19.1. The van der Waals surface area contributed by atoms with Crippen LogP contribution in [0.4, 0.5) is 15.8 Å². The van der Waals surface area contributed by atoms with Gasteiger partial charge in [0, 0.05) is 6.07 Å². The maximum atomic E-state index is 13.7. The molecule has 1 aromatic rings. The second-order valence-electron chi connectivity index (χ2n) is 4.74. The summed E-state index contributed by atoms with van der Waals surface area (Å²) < 4.78 is 13.7. The number of rotatable bonds is 3. The van der Waals surface area contributed by atoms with E-state index < -0.39 is 28.4 Å². The van der Waals surface area contributed by atoms with Crippen molar-refractivity contribution in [2.45, 2.75) is 31.7 Å². The van der Waals surface area contributed by atoms with Crippen LogP contribution in [0.1, 0.15) is 25.7 Å². The van der Waals surface area contributed by atoms with Crippen LogP contribution in [-0.2, 0) is 4.79 Å². The summed E-state index contributed by atoms with van der Waals surface area (Å²) in [5, 5.41) is 16.3. The number of hydrogen-bond acceptors (Lipinski definition) is 4. The van der Waals surface area contributed by atoms with Crippen molar-refractivity contribution in [2.24, 2.45) is 0 Å². The van der Waals surface area contributed by atoms with Gasteiger partial charge < -0.3 is 10.6 Å². The molecule has 0 saturated carbocycles. The SMILES string of the molecule is O=C(Nc1c(F)cccc1[N+](=O)[O-])C1CCCCCN1. The fraction of sp³-hybridized carbons (Fsp3) is 0.462. The highest BCUT2D eigenvalue weighted by molar-refractivity contribution is 5.96.